The average molecular weight is 297 g/mol. The molecule has 22 heavy (non-hydrogen) atoms. The fraction of sp³-hybridized carbons (Fsp3) is 0.550. The number of hydrogen-bond donors (Lipinski definition) is 0. The molecule has 0 N–H and O–H groups in total. The molecule has 1 atom stereocenters. The zero-order valence-electron chi connectivity index (χ0n) is 13.3. The summed E-state index contributed by atoms with van der Waals surface area (Å²) < 4.78 is 14.6. The van der Waals surface area contributed by atoms with E-state index in [4.69, 9.17) is 5.26 Å². The summed E-state index contributed by atoms with van der Waals surface area (Å²) in [4.78, 5) is 0. The Morgan fingerprint density at radius 2 is 2.00 bits per heavy atom. The van der Waals surface area contributed by atoms with Crippen LogP contribution in [-0.2, 0) is 0 Å². The van der Waals surface area contributed by atoms with E-state index in [1.165, 1.54) is 50.2 Å². The van der Waals surface area contributed by atoms with Crippen LogP contribution in [0, 0.1) is 23.2 Å². The number of fused-ring (bicyclic) bond motifs is 1. The van der Waals surface area contributed by atoms with Gasteiger partial charge in [-0.05, 0) is 55.6 Å². The van der Waals surface area contributed by atoms with E-state index in [0.717, 1.165) is 17.9 Å². The molecule has 0 amide bonds. The van der Waals surface area contributed by atoms with Gasteiger partial charge in [0, 0.05) is 5.57 Å². The number of allylic oxidation sites excluding steroid dienone is 8. The highest BCUT2D eigenvalue weighted by molar-refractivity contribution is 5.57. The van der Waals surface area contributed by atoms with E-state index in [2.05, 4.69) is 13.0 Å². The Bertz CT molecular complexity index is 594. The van der Waals surface area contributed by atoms with Crippen molar-refractivity contribution in [2.45, 2.75) is 57.5 Å². The predicted molar refractivity (Wildman–Crippen MR) is 87.8 cm³/mol. The first kappa shape index (κ1) is 15.3. The van der Waals surface area contributed by atoms with Gasteiger partial charge in [0.2, 0.25) is 5.67 Å². The topological polar surface area (TPSA) is 23.8 Å². The van der Waals surface area contributed by atoms with Crippen LogP contribution in [0.25, 0.3) is 0 Å². The van der Waals surface area contributed by atoms with Crippen molar-refractivity contribution in [1.82, 2.24) is 0 Å². The highest BCUT2D eigenvalue weighted by Crippen LogP contribution is 2.43. The molecule has 3 aliphatic carbocycles. The van der Waals surface area contributed by atoms with Crippen LogP contribution in [0.5, 0.6) is 0 Å². The zero-order chi connectivity index (χ0) is 15.6. The molecule has 0 aromatic rings. The van der Waals surface area contributed by atoms with Gasteiger partial charge in [0.15, 0.2) is 0 Å². The van der Waals surface area contributed by atoms with Crippen molar-refractivity contribution >= 4 is 0 Å². The molecule has 0 heterocycles. The number of halogens is 1. The van der Waals surface area contributed by atoms with Gasteiger partial charge in [0.1, 0.15) is 6.07 Å². The lowest BCUT2D eigenvalue weighted by atomic mass is 9.72. The molecule has 0 bridgehead atoms. The molecule has 2 heteroatoms. The lowest BCUT2D eigenvalue weighted by Crippen LogP contribution is -2.26. The highest BCUT2D eigenvalue weighted by Gasteiger charge is 2.37. The monoisotopic (exact) mass is 297 g/mol. The Kier molecular flexibility index (Phi) is 4.34. The molecule has 116 valence electrons. The van der Waals surface area contributed by atoms with Crippen LogP contribution in [0.1, 0.15) is 51.9 Å². The molecule has 3 rings (SSSR count). The number of nitriles is 1. The van der Waals surface area contributed by atoms with E-state index in [-0.39, 0.29) is 0 Å². The minimum Gasteiger partial charge on any atom is -0.217 e. The third-order valence-corrected chi connectivity index (χ3v) is 5.45. The molecule has 1 saturated carbocycles. The van der Waals surface area contributed by atoms with Crippen LogP contribution in [-0.4, -0.2) is 5.67 Å². The molecule has 0 aromatic carbocycles. The highest BCUT2D eigenvalue weighted by atomic mass is 19.1. The van der Waals surface area contributed by atoms with Crippen molar-refractivity contribution in [2.75, 3.05) is 0 Å². The van der Waals surface area contributed by atoms with Gasteiger partial charge in [0.25, 0.3) is 0 Å². The second-order valence-electron chi connectivity index (χ2n) is 6.88. The Morgan fingerprint density at radius 3 is 2.68 bits per heavy atom. The van der Waals surface area contributed by atoms with Gasteiger partial charge in [-0.3, -0.25) is 0 Å². The molecule has 3 aliphatic rings. The van der Waals surface area contributed by atoms with Gasteiger partial charge in [0.05, 0.1) is 0 Å². The van der Waals surface area contributed by atoms with Crippen LogP contribution < -0.4 is 0 Å². The Morgan fingerprint density at radius 1 is 1.23 bits per heavy atom. The molecule has 0 radical (unpaired) electrons. The van der Waals surface area contributed by atoms with Crippen molar-refractivity contribution in [2.24, 2.45) is 11.8 Å². The van der Waals surface area contributed by atoms with Crippen molar-refractivity contribution < 1.29 is 4.39 Å². The molecule has 1 unspecified atom stereocenters. The fourth-order valence-corrected chi connectivity index (χ4v) is 4.17. The van der Waals surface area contributed by atoms with Crippen LogP contribution >= 0.6 is 0 Å². The van der Waals surface area contributed by atoms with E-state index in [9.17, 15) is 4.39 Å². The molecular weight excluding hydrogens is 273 g/mol. The number of rotatable bonds is 3. The number of nitrogens with zero attached hydrogens (tertiary/aromatic N) is 1. The van der Waals surface area contributed by atoms with Crippen LogP contribution in [0.4, 0.5) is 4.39 Å². The van der Waals surface area contributed by atoms with Gasteiger partial charge in [-0.25, -0.2) is 4.39 Å². The lowest BCUT2D eigenvalue weighted by molar-refractivity contribution is 0.283. The first-order chi connectivity index (χ1) is 10.7. The summed E-state index contributed by atoms with van der Waals surface area (Å²) in [6, 6.07) is 1.80. The minimum atomic E-state index is -1.94. The molecule has 0 aliphatic heterocycles. The van der Waals surface area contributed by atoms with Gasteiger partial charge < -0.3 is 0 Å². The fourth-order valence-electron chi connectivity index (χ4n) is 4.17. The van der Waals surface area contributed by atoms with Gasteiger partial charge in [-0.15, -0.1) is 0 Å². The summed E-state index contributed by atoms with van der Waals surface area (Å²) >= 11 is 0. The first-order valence-electron chi connectivity index (χ1n) is 8.56. The molecule has 1 fully saturated rings. The van der Waals surface area contributed by atoms with Crippen LogP contribution in [0.2, 0.25) is 0 Å². The largest absolute Gasteiger partial charge is 0.239 e. The third-order valence-electron chi connectivity index (χ3n) is 5.45. The summed E-state index contributed by atoms with van der Waals surface area (Å²) in [5.41, 5.74) is 1.02. The van der Waals surface area contributed by atoms with Crippen LogP contribution in [0.3, 0.4) is 0 Å². The number of hydrogen-bond acceptors (Lipinski definition) is 1. The van der Waals surface area contributed by atoms with Gasteiger partial charge in [-0.2, -0.15) is 5.26 Å². The van der Waals surface area contributed by atoms with E-state index in [1.54, 1.807) is 12.1 Å². The molecule has 0 spiro atoms. The lowest BCUT2D eigenvalue weighted by Gasteiger charge is -2.33. The normalized spacial score (nSPS) is 34.1. The van der Waals surface area contributed by atoms with E-state index in [0.29, 0.717) is 11.5 Å². The SMILES string of the molecule is CCCC1CCC(C2=CC=C3C(=CC=CC3(F)C#N)C2)CC1. The summed E-state index contributed by atoms with van der Waals surface area (Å²) in [5.74, 6) is 1.55. The smallest absolute Gasteiger partial charge is 0.217 e. The zero-order valence-corrected chi connectivity index (χ0v) is 13.3. The molecule has 0 saturated heterocycles. The Hall–Kier alpha value is -1.62. The van der Waals surface area contributed by atoms with Crippen molar-refractivity contribution in [3.05, 3.63) is 47.1 Å². The molecule has 0 aromatic heterocycles. The Labute approximate surface area is 132 Å². The maximum Gasteiger partial charge on any atom is 0.239 e. The van der Waals surface area contributed by atoms with Crippen molar-refractivity contribution in [1.29, 1.82) is 5.26 Å². The maximum atomic E-state index is 14.6. The summed E-state index contributed by atoms with van der Waals surface area (Å²) in [7, 11) is 0. The minimum absolute atomic E-state index is 0.543. The summed E-state index contributed by atoms with van der Waals surface area (Å²) in [5, 5.41) is 9.12. The standard InChI is InChI=1S/C20H24FN/c1-2-4-15-6-8-16(9-7-15)17-10-11-19-18(13-17)5-3-12-20(19,21)14-22/h3,5,10-12,15-16H,2,4,6-9,13H2,1H3. The number of alkyl halides is 1. The third kappa shape index (κ3) is 2.82. The van der Waals surface area contributed by atoms with Crippen LogP contribution in [0.15, 0.2) is 47.1 Å². The van der Waals surface area contributed by atoms with E-state index < -0.39 is 5.67 Å². The van der Waals surface area contributed by atoms with Crippen molar-refractivity contribution in [3.63, 3.8) is 0 Å². The first-order valence-corrected chi connectivity index (χ1v) is 8.56. The quantitative estimate of drug-likeness (QED) is 0.667. The Balaban J connectivity index is 1.73. The van der Waals surface area contributed by atoms with E-state index in [1.807, 2.05) is 12.2 Å². The second-order valence-corrected chi connectivity index (χ2v) is 6.88. The molecular formula is C20H24FN. The average Bonchev–Trinajstić information content (AvgIpc) is 2.56. The second kappa shape index (κ2) is 6.24. The van der Waals surface area contributed by atoms with E-state index >= 15 is 0 Å². The van der Waals surface area contributed by atoms with Crippen molar-refractivity contribution in [3.8, 4) is 6.07 Å². The summed E-state index contributed by atoms with van der Waals surface area (Å²) in [6.07, 6.45) is 17.6. The van der Waals surface area contributed by atoms with Gasteiger partial charge >= 0.3 is 0 Å². The predicted octanol–water partition coefficient (Wildman–Crippen LogP) is 5.58. The van der Waals surface area contributed by atoms with Gasteiger partial charge in [-0.1, -0.05) is 49.6 Å². The maximum absolute atomic E-state index is 14.6. The summed E-state index contributed by atoms with van der Waals surface area (Å²) in [6.45, 7) is 2.27. The molecule has 1 nitrogen and oxygen atoms in total.